The Morgan fingerprint density at radius 1 is 1.21 bits per heavy atom. The van der Waals surface area contributed by atoms with Crippen molar-refractivity contribution in [3.8, 4) is 0 Å². The van der Waals surface area contributed by atoms with E-state index in [4.69, 9.17) is 0 Å². The number of benzene rings is 2. The van der Waals surface area contributed by atoms with Crippen molar-refractivity contribution in [2.75, 3.05) is 23.3 Å². The average Bonchev–Trinajstić information content (AvgIpc) is 3.08. The summed E-state index contributed by atoms with van der Waals surface area (Å²) in [6, 6.07) is 11.5. The van der Waals surface area contributed by atoms with Gasteiger partial charge >= 0.3 is 6.03 Å². The first-order valence-electron chi connectivity index (χ1n) is 9.65. The number of nitrogens with one attached hydrogen (secondary N) is 1. The molecule has 0 aliphatic carbocycles. The Kier molecular flexibility index (Phi) is 4.61. The number of hydrogen-bond donors (Lipinski definition) is 1. The van der Waals surface area contributed by atoms with Gasteiger partial charge in [-0.2, -0.15) is 0 Å². The van der Waals surface area contributed by atoms with Crippen LogP contribution in [0, 0.1) is 12.7 Å². The highest BCUT2D eigenvalue weighted by Gasteiger charge is 2.63. The standard InChI is InChI=1S/C22H24FN3O2S/c1-5-25-18-11-8-15(23)12-17(18)22(19(25)27)26(13-21(3,4)29-22)20(28)24-16-9-6-14(2)7-10-16/h6-12H,5,13H2,1-4H3,(H,24,28). The van der Waals surface area contributed by atoms with Gasteiger partial charge in [0.25, 0.3) is 5.91 Å². The summed E-state index contributed by atoms with van der Waals surface area (Å²) < 4.78 is 13.8. The Hall–Kier alpha value is -2.54. The summed E-state index contributed by atoms with van der Waals surface area (Å²) in [4.78, 5) is 28.8. The lowest BCUT2D eigenvalue weighted by atomic mass is 10.0. The SMILES string of the molecule is CCN1C(=O)C2(SC(C)(C)CN2C(=O)Nc2ccc(C)cc2)c2cc(F)ccc21. The largest absolute Gasteiger partial charge is 0.323 e. The van der Waals surface area contributed by atoms with E-state index in [1.807, 2.05) is 52.0 Å². The molecule has 0 saturated carbocycles. The molecule has 0 bridgehead atoms. The smallest absolute Gasteiger partial charge is 0.309 e. The van der Waals surface area contributed by atoms with Crippen LogP contribution in [0.2, 0.25) is 0 Å². The maximum atomic E-state index is 14.2. The number of urea groups is 1. The van der Waals surface area contributed by atoms with Crippen molar-refractivity contribution in [1.82, 2.24) is 4.90 Å². The lowest BCUT2D eigenvalue weighted by Gasteiger charge is -2.33. The molecule has 4 rings (SSSR count). The van der Waals surface area contributed by atoms with Gasteiger partial charge in [-0.25, -0.2) is 9.18 Å². The minimum atomic E-state index is -1.27. The van der Waals surface area contributed by atoms with Gasteiger partial charge < -0.3 is 10.2 Å². The summed E-state index contributed by atoms with van der Waals surface area (Å²) in [6.07, 6.45) is 0. The predicted octanol–water partition coefficient (Wildman–Crippen LogP) is 4.71. The summed E-state index contributed by atoms with van der Waals surface area (Å²) in [5.41, 5.74) is 2.95. The number of hydrogen-bond acceptors (Lipinski definition) is 3. The minimum Gasteiger partial charge on any atom is -0.309 e. The maximum absolute atomic E-state index is 14.2. The number of fused-ring (bicyclic) bond motifs is 2. The molecule has 152 valence electrons. The number of thioether (sulfide) groups is 1. The van der Waals surface area contributed by atoms with Crippen LogP contribution in [0.1, 0.15) is 31.9 Å². The fraction of sp³-hybridized carbons (Fsp3) is 0.364. The van der Waals surface area contributed by atoms with Crippen LogP contribution in [0.15, 0.2) is 42.5 Å². The molecule has 2 aliphatic heterocycles. The third-order valence-electron chi connectivity index (χ3n) is 5.36. The zero-order valence-corrected chi connectivity index (χ0v) is 17.8. The van der Waals surface area contributed by atoms with Gasteiger partial charge in [0, 0.05) is 29.1 Å². The zero-order chi connectivity index (χ0) is 21.0. The molecule has 2 heterocycles. The molecule has 1 unspecified atom stereocenters. The Bertz CT molecular complexity index is 992. The number of carbonyl (C=O) groups excluding carboxylic acids is 2. The van der Waals surface area contributed by atoms with Crippen LogP contribution < -0.4 is 10.2 Å². The van der Waals surface area contributed by atoms with E-state index >= 15 is 0 Å². The number of anilines is 2. The fourth-order valence-corrected chi connectivity index (χ4v) is 5.84. The molecule has 2 aliphatic rings. The molecule has 5 nitrogen and oxygen atoms in total. The monoisotopic (exact) mass is 413 g/mol. The molecular formula is C22H24FN3O2S. The van der Waals surface area contributed by atoms with Crippen molar-refractivity contribution in [2.45, 2.75) is 37.3 Å². The molecule has 1 N–H and O–H groups in total. The van der Waals surface area contributed by atoms with Crippen LogP contribution in [-0.2, 0) is 9.67 Å². The van der Waals surface area contributed by atoms with Crippen LogP contribution in [0.4, 0.5) is 20.6 Å². The molecule has 1 fully saturated rings. The Morgan fingerprint density at radius 2 is 1.90 bits per heavy atom. The molecule has 1 saturated heterocycles. The quantitative estimate of drug-likeness (QED) is 0.776. The Labute approximate surface area is 174 Å². The van der Waals surface area contributed by atoms with E-state index in [9.17, 15) is 14.0 Å². The number of nitrogens with zero attached hydrogens (tertiary/aromatic N) is 2. The van der Waals surface area contributed by atoms with Crippen LogP contribution in [0.5, 0.6) is 0 Å². The van der Waals surface area contributed by atoms with Crippen LogP contribution in [-0.4, -0.2) is 34.7 Å². The molecule has 3 amide bonds. The zero-order valence-electron chi connectivity index (χ0n) is 17.0. The van der Waals surface area contributed by atoms with E-state index in [1.54, 1.807) is 15.9 Å². The summed E-state index contributed by atoms with van der Waals surface area (Å²) >= 11 is 1.41. The van der Waals surface area contributed by atoms with Gasteiger partial charge in [0.15, 0.2) is 4.87 Å². The molecule has 1 atom stereocenters. The molecule has 0 aromatic heterocycles. The maximum Gasteiger partial charge on any atom is 0.323 e. The second-order valence-corrected chi connectivity index (χ2v) is 10.00. The first-order chi connectivity index (χ1) is 13.7. The first kappa shape index (κ1) is 19.8. The van der Waals surface area contributed by atoms with E-state index in [2.05, 4.69) is 5.32 Å². The summed E-state index contributed by atoms with van der Waals surface area (Å²) in [5.74, 6) is -0.617. The van der Waals surface area contributed by atoms with E-state index in [1.165, 1.54) is 23.9 Å². The summed E-state index contributed by atoms with van der Waals surface area (Å²) in [7, 11) is 0. The number of likely N-dealkylation sites (N-methyl/N-ethyl adjacent to an activating group) is 1. The highest BCUT2D eigenvalue weighted by atomic mass is 32.2. The Morgan fingerprint density at radius 3 is 2.55 bits per heavy atom. The van der Waals surface area contributed by atoms with E-state index in [0.717, 1.165) is 5.56 Å². The van der Waals surface area contributed by atoms with Gasteiger partial charge in [-0.15, -0.1) is 11.8 Å². The second-order valence-electron chi connectivity index (χ2n) is 8.10. The van der Waals surface area contributed by atoms with Gasteiger partial charge in [0.2, 0.25) is 0 Å². The third-order valence-corrected chi connectivity index (χ3v) is 6.95. The normalized spacial score (nSPS) is 22.3. The van der Waals surface area contributed by atoms with Gasteiger partial charge in [-0.1, -0.05) is 17.7 Å². The molecule has 1 spiro atoms. The van der Waals surface area contributed by atoms with E-state index in [-0.39, 0.29) is 16.7 Å². The first-order valence-corrected chi connectivity index (χ1v) is 10.5. The lowest BCUT2D eigenvalue weighted by Crippen LogP contribution is -2.51. The number of rotatable bonds is 2. The van der Waals surface area contributed by atoms with Crippen LogP contribution in [0.25, 0.3) is 0 Å². The number of halogens is 1. The molecule has 2 aromatic carbocycles. The van der Waals surface area contributed by atoms with E-state index in [0.29, 0.717) is 30.0 Å². The van der Waals surface area contributed by atoms with E-state index < -0.39 is 10.7 Å². The van der Waals surface area contributed by atoms with Crippen molar-refractivity contribution in [3.05, 3.63) is 59.4 Å². The van der Waals surface area contributed by atoms with Gasteiger partial charge in [-0.3, -0.25) is 9.69 Å². The number of amides is 3. The highest BCUT2D eigenvalue weighted by Crippen LogP contribution is 2.59. The predicted molar refractivity (Wildman–Crippen MR) is 115 cm³/mol. The van der Waals surface area contributed by atoms with Crippen molar-refractivity contribution in [3.63, 3.8) is 0 Å². The Balaban J connectivity index is 1.80. The van der Waals surface area contributed by atoms with Crippen molar-refractivity contribution in [2.24, 2.45) is 0 Å². The van der Waals surface area contributed by atoms with Crippen LogP contribution in [0.3, 0.4) is 0 Å². The summed E-state index contributed by atoms with van der Waals surface area (Å²) in [6.45, 7) is 8.68. The van der Waals surface area contributed by atoms with Crippen LogP contribution >= 0.6 is 11.8 Å². The second kappa shape index (κ2) is 6.76. The molecule has 0 radical (unpaired) electrons. The minimum absolute atomic E-state index is 0.199. The van der Waals surface area contributed by atoms with Crippen molar-refractivity contribution >= 4 is 35.1 Å². The topological polar surface area (TPSA) is 52.7 Å². The third kappa shape index (κ3) is 3.08. The van der Waals surface area contributed by atoms with Crippen molar-refractivity contribution < 1.29 is 14.0 Å². The molecule has 29 heavy (non-hydrogen) atoms. The molecule has 2 aromatic rings. The fourth-order valence-electron chi connectivity index (χ4n) is 4.12. The molecule has 7 heteroatoms. The number of aryl methyl sites for hydroxylation is 1. The van der Waals surface area contributed by atoms with Crippen molar-refractivity contribution in [1.29, 1.82) is 0 Å². The molecular weight excluding hydrogens is 389 g/mol. The summed E-state index contributed by atoms with van der Waals surface area (Å²) in [5, 5.41) is 2.91. The average molecular weight is 414 g/mol. The lowest BCUT2D eigenvalue weighted by molar-refractivity contribution is -0.123. The highest BCUT2D eigenvalue weighted by molar-refractivity contribution is 8.02. The van der Waals surface area contributed by atoms with Gasteiger partial charge in [0.05, 0.1) is 5.69 Å². The van der Waals surface area contributed by atoms with Gasteiger partial charge in [-0.05, 0) is 58.0 Å². The number of carbonyl (C=O) groups is 2. The van der Waals surface area contributed by atoms with Gasteiger partial charge in [0.1, 0.15) is 5.82 Å².